The molecular formula is C18H28O4. The molecule has 0 atom stereocenters. The molecule has 0 aliphatic rings. The van der Waals surface area contributed by atoms with Crippen molar-refractivity contribution in [1.82, 2.24) is 0 Å². The number of unbranched alkanes of at least 4 members (excludes halogenated alkanes) is 5. The Kier molecular flexibility index (Phi) is 11.8. The van der Waals surface area contributed by atoms with Gasteiger partial charge in [0.15, 0.2) is 0 Å². The van der Waals surface area contributed by atoms with E-state index in [1.807, 2.05) is 0 Å². The summed E-state index contributed by atoms with van der Waals surface area (Å²) < 4.78 is 0. The summed E-state index contributed by atoms with van der Waals surface area (Å²) in [5.74, 6) is -1.48. The predicted octanol–water partition coefficient (Wildman–Crippen LogP) is 4.58. The van der Waals surface area contributed by atoms with Crippen molar-refractivity contribution in [3.63, 3.8) is 0 Å². The lowest BCUT2D eigenvalue weighted by molar-refractivity contribution is -0.138. The molecule has 0 fully saturated rings. The van der Waals surface area contributed by atoms with Crippen LogP contribution in [0, 0.1) is 13.8 Å². The first kappa shape index (κ1) is 20.2. The van der Waals surface area contributed by atoms with Crippen molar-refractivity contribution in [2.24, 2.45) is 0 Å². The van der Waals surface area contributed by atoms with Crippen LogP contribution in [0.3, 0.4) is 0 Å². The zero-order valence-corrected chi connectivity index (χ0v) is 13.7. The fourth-order valence-corrected chi connectivity index (χ4v) is 2.07. The van der Waals surface area contributed by atoms with Crippen molar-refractivity contribution < 1.29 is 19.8 Å². The highest BCUT2D eigenvalue weighted by atomic mass is 16.4. The molecule has 1 aromatic rings. The van der Waals surface area contributed by atoms with E-state index in [0.717, 1.165) is 38.5 Å². The van der Waals surface area contributed by atoms with E-state index in [-0.39, 0.29) is 12.8 Å². The van der Waals surface area contributed by atoms with Gasteiger partial charge in [0.1, 0.15) is 0 Å². The number of rotatable bonds is 9. The quantitative estimate of drug-likeness (QED) is 0.655. The van der Waals surface area contributed by atoms with Gasteiger partial charge in [-0.05, 0) is 26.7 Å². The molecule has 0 bridgehead atoms. The number of aliphatic carboxylic acids is 2. The molecule has 0 saturated carbocycles. The van der Waals surface area contributed by atoms with Gasteiger partial charge in [-0.1, -0.05) is 61.1 Å². The van der Waals surface area contributed by atoms with E-state index in [1.54, 1.807) is 0 Å². The largest absolute Gasteiger partial charge is 0.481 e. The molecule has 22 heavy (non-hydrogen) atoms. The topological polar surface area (TPSA) is 74.6 Å². The maximum Gasteiger partial charge on any atom is 0.303 e. The summed E-state index contributed by atoms with van der Waals surface area (Å²) in [6.45, 7) is 4.21. The third-order valence-corrected chi connectivity index (χ3v) is 3.20. The first-order chi connectivity index (χ1) is 10.4. The van der Waals surface area contributed by atoms with Gasteiger partial charge in [0, 0.05) is 12.8 Å². The van der Waals surface area contributed by atoms with E-state index in [9.17, 15) is 9.59 Å². The predicted molar refractivity (Wildman–Crippen MR) is 88.1 cm³/mol. The lowest BCUT2D eigenvalue weighted by Gasteiger charge is -1.98. The van der Waals surface area contributed by atoms with Crippen LogP contribution in [-0.2, 0) is 9.59 Å². The van der Waals surface area contributed by atoms with Crippen molar-refractivity contribution in [2.45, 2.75) is 65.2 Å². The van der Waals surface area contributed by atoms with Crippen molar-refractivity contribution in [3.8, 4) is 0 Å². The third kappa shape index (κ3) is 14.6. The number of hydrogen-bond donors (Lipinski definition) is 2. The number of carboxylic acid groups (broad SMARTS) is 2. The fourth-order valence-electron chi connectivity index (χ4n) is 2.07. The summed E-state index contributed by atoms with van der Waals surface area (Å²) >= 11 is 0. The Morgan fingerprint density at radius 2 is 1.14 bits per heavy atom. The molecule has 2 N–H and O–H groups in total. The standard InChI is InChI=1S/C10H18O4.C8H10/c11-9(12)7-5-3-1-2-4-6-8-10(13)14;1-7-4-3-5-8(2)6-7/h1-8H2,(H,11,12)(H,13,14);3-6H,1-2H3. The van der Waals surface area contributed by atoms with Crippen LogP contribution in [0.25, 0.3) is 0 Å². The second-order valence-corrected chi connectivity index (χ2v) is 5.57. The van der Waals surface area contributed by atoms with Crippen molar-refractivity contribution in [3.05, 3.63) is 35.4 Å². The first-order valence-corrected chi connectivity index (χ1v) is 7.88. The van der Waals surface area contributed by atoms with Crippen molar-refractivity contribution in [1.29, 1.82) is 0 Å². The van der Waals surface area contributed by atoms with Crippen LogP contribution in [-0.4, -0.2) is 22.2 Å². The fraction of sp³-hybridized carbons (Fsp3) is 0.556. The monoisotopic (exact) mass is 308 g/mol. The Balaban J connectivity index is 0.000000461. The molecule has 0 saturated heterocycles. The molecule has 4 nitrogen and oxygen atoms in total. The summed E-state index contributed by atoms with van der Waals surface area (Å²) in [4.78, 5) is 20.3. The summed E-state index contributed by atoms with van der Waals surface area (Å²) in [7, 11) is 0. The summed E-state index contributed by atoms with van der Waals surface area (Å²) in [5.41, 5.74) is 2.68. The molecule has 4 heteroatoms. The van der Waals surface area contributed by atoms with Gasteiger partial charge in [-0.3, -0.25) is 9.59 Å². The van der Waals surface area contributed by atoms with E-state index in [4.69, 9.17) is 10.2 Å². The van der Waals surface area contributed by atoms with E-state index >= 15 is 0 Å². The second kappa shape index (κ2) is 12.9. The Morgan fingerprint density at radius 1 is 0.773 bits per heavy atom. The number of carboxylic acids is 2. The van der Waals surface area contributed by atoms with E-state index in [2.05, 4.69) is 38.1 Å². The Morgan fingerprint density at radius 3 is 1.41 bits per heavy atom. The Labute approximate surface area is 133 Å². The van der Waals surface area contributed by atoms with E-state index in [0.29, 0.717) is 0 Å². The van der Waals surface area contributed by atoms with Gasteiger partial charge in [-0.15, -0.1) is 0 Å². The van der Waals surface area contributed by atoms with Crippen molar-refractivity contribution >= 4 is 11.9 Å². The first-order valence-electron chi connectivity index (χ1n) is 7.88. The number of aryl methyl sites for hydroxylation is 2. The smallest absolute Gasteiger partial charge is 0.303 e. The average molecular weight is 308 g/mol. The van der Waals surface area contributed by atoms with Gasteiger partial charge in [-0.25, -0.2) is 0 Å². The van der Waals surface area contributed by atoms with Crippen LogP contribution in [0.4, 0.5) is 0 Å². The van der Waals surface area contributed by atoms with Gasteiger partial charge in [-0.2, -0.15) is 0 Å². The molecule has 1 aromatic carbocycles. The van der Waals surface area contributed by atoms with Gasteiger partial charge >= 0.3 is 11.9 Å². The third-order valence-electron chi connectivity index (χ3n) is 3.20. The maximum atomic E-state index is 10.1. The zero-order chi connectivity index (χ0) is 16.8. The summed E-state index contributed by atoms with van der Waals surface area (Å²) in [5, 5.41) is 16.7. The van der Waals surface area contributed by atoms with Crippen LogP contribution in [0.2, 0.25) is 0 Å². The number of benzene rings is 1. The normalized spacial score (nSPS) is 9.73. The van der Waals surface area contributed by atoms with Crippen LogP contribution < -0.4 is 0 Å². The van der Waals surface area contributed by atoms with Crippen LogP contribution >= 0.6 is 0 Å². The highest BCUT2D eigenvalue weighted by Gasteiger charge is 1.98. The highest BCUT2D eigenvalue weighted by molar-refractivity contribution is 5.66. The van der Waals surface area contributed by atoms with Crippen LogP contribution in [0.15, 0.2) is 24.3 Å². The van der Waals surface area contributed by atoms with Crippen LogP contribution in [0.5, 0.6) is 0 Å². The van der Waals surface area contributed by atoms with Crippen LogP contribution in [0.1, 0.15) is 62.5 Å². The Hall–Kier alpha value is -1.84. The second-order valence-electron chi connectivity index (χ2n) is 5.57. The molecule has 0 aromatic heterocycles. The molecule has 0 spiro atoms. The Bertz CT molecular complexity index is 403. The molecule has 1 rings (SSSR count). The van der Waals surface area contributed by atoms with Crippen molar-refractivity contribution in [2.75, 3.05) is 0 Å². The zero-order valence-electron chi connectivity index (χ0n) is 13.7. The minimum Gasteiger partial charge on any atom is -0.481 e. The molecule has 0 unspecified atom stereocenters. The molecule has 0 radical (unpaired) electrons. The summed E-state index contributed by atoms with van der Waals surface area (Å²) in [6, 6.07) is 8.45. The lowest BCUT2D eigenvalue weighted by Crippen LogP contribution is -1.94. The van der Waals surface area contributed by atoms with E-state index in [1.165, 1.54) is 11.1 Å². The molecule has 0 aliphatic heterocycles. The van der Waals surface area contributed by atoms with Gasteiger partial charge in [0.2, 0.25) is 0 Å². The minimum atomic E-state index is -0.740. The average Bonchev–Trinajstić information content (AvgIpc) is 2.41. The lowest BCUT2D eigenvalue weighted by atomic mass is 10.1. The number of carbonyl (C=O) groups is 2. The summed E-state index contributed by atoms with van der Waals surface area (Å²) in [6.07, 6.45) is 5.82. The minimum absolute atomic E-state index is 0.245. The molecule has 0 heterocycles. The van der Waals surface area contributed by atoms with Gasteiger partial charge in [0.25, 0.3) is 0 Å². The van der Waals surface area contributed by atoms with E-state index < -0.39 is 11.9 Å². The molecule has 0 amide bonds. The molecule has 0 aliphatic carbocycles. The highest BCUT2D eigenvalue weighted by Crippen LogP contribution is 2.08. The molecular weight excluding hydrogens is 280 g/mol. The maximum absolute atomic E-state index is 10.1. The van der Waals surface area contributed by atoms with Gasteiger partial charge < -0.3 is 10.2 Å². The number of hydrogen-bond acceptors (Lipinski definition) is 2. The molecule has 124 valence electrons. The van der Waals surface area contributed by atoms with Gasteiger partial charge in [0.05, 0.1) is 0 Å². The SMILES string of the molecule is Cc1cccc(C)c1.O=C(O)CCCCCCCCC(=O)O.